The van der Waals surface area contributed by atoms with Crippen LogP contribution in [0.3, 0.4) is 0 Å². The van der Waals surface area contributed by atoms with E-state index >= 15 is 0 Å². The van der Waals surface area contributed by atoms with Crippen LogP contribution in [0.15, 0.2) is 42.6 Å². The summed E-state index contributed by atoms with van der Waals surface area (Å²) in [5.74, 6) is 0.260. The van der Waals surface area contributed by atoms with Crippen LogP contribution in [-0.4, -0.2) is 9.91 Å². The smallest absolute Gasteiger partial charge is 0.279 e. The maximum atomic E-state index is 10.8. The van der Waals surface area contributed by atoms with Crippen molar-refractivity contribution in [3.63, 3.8) is 0 Å². The Morgan fingerprint density at radius 3 is 2.63 bits per heavy atom. The number of hydrogen-bond donors (Lipinski definition) is 0. The molecule has 3 radical (unpaired) electrons. The molecule has 0 fully saturated rings. The number of pyridine rings is 1. The third kappa shape index (κ3) is 3.75. The minimum atomic E-state index is -0.438. The third-order valence-electron chi connectivity index (χ3n) is 2.48. The van der Waals surface area contributed by atoms with Crippen molar-refractivity contribution in [3.8, 4) is 5.88 Å². The summed E-state index contributed by atoms with van der Waals surface area (Å²) in [7, 11) is 0. The fraction of sp³-hybridized carbons (Fsp3) is 0.154. The van der Waals surface area contributed by atoms with E-state index in [4.69, 9.17) is 4.74 Å². The topological polar surface area (TPSA) is 95.8 Å². The second-order valence-electron chi connectivity index (χ2n) is 3.84. The molecule has 0 spiro atoms. The molecule has 6 heteroatoms. The molecule has 0 atom stereocenters. The number of rotatable bonds is 4. The minimum Gasteiger partial charge on any atom is -0.473 e. The molecule has 1 aromatic carbocycles. The largest absolute Gasteiger partial charge is 0.473 e. The van der Waals surface area contributed by atoms with Crippen LogP contribution in [0.1, 0.15) is 11.1 Å². The van der Waals surface area contributed by atoms with Crippen molar-refractivity contribution in [1.82, 2.24) is 11.1 Å². The van der Waals surface area contributed by atoms with Crippen LogP contribution in [0.2, 0.25) is 0 Å². The average molecular weight is 258 g/mol. The molecule has 2 rings (SSSR count). The summed E-state index contributed by atoms with van der Waals surface area (Å²) in [6.45, 7) is 1.99. The van der Waals surface area contributed by atoms with Gasteiger partial charge in [-0.3, -0.25) is 10.1 Å². The van der Waals surface area contributed by atoms with Crippen LogP contribution < -0.4 is 10.9 Å². The maximum Gasteiger partial charge on any atom is 0.279 e. The van der Waals surface area contributed by atoms with Gasteiger partial charge in [-0.15, -0.1) is 0 Å². The van der Waals surface area contributed by atoms with Gasteiger partial charge < -0.3 is 4.74 Å². The summed E-state index contributed by atoms with van der Waals surface area (Å²) in [5, 5.41) is 10.8. The standard InChI is InChI=1S/C13H12N2O3.N/c1-10-8-14-13(7-12(10)15(16)17)18-9-11-5-3-2-4-6-11;/h2-8H,9H2,1H3;. The number of hydrogen-bond acceptors (Lipinski definition) is 4. The highest BCUT2D eigenvalue weighted by atomic mass is 16.6. The molecule has 1 heterocycles. The number of benzene rings is 1. The maximum absolute atomic E-state index is 10.8. The Balaban J connectivity index is 0.00000180. The predicted molar refractivity (Wildman–Crippen MR) is 68.5 cm³/mol. The van der Waals surface area contributed by atoms with Crippen molar-refractivity contribution in [3.05, 3.63) is 63.8 Å². The average Bonchev–Trinajstić information content (AvgIpc) is 2.38. The predicted octanol–water partition coefficient (Wildman–Crippen LogP) is 2.40. The number of aryl methyl sites for hydroxylation is 1. The fourth-order valence-corrected chi connectivity index (χ4v) is 1.50. The molecule has 0 N–H and O–H groups in total. The van der Waals surface area contributed by atoms with E-state index in [-0.39, 0.29) is 17.7 Å². The number of nitro groups is 1. The molecule has 0 aliphatic rings. The SMILES string of the molecule is Cc1cnc(OCc2ccccc2)cc1[N+](=O)[O-].[N]. The van der Waals surface area contributed by atoms with E-state index in [0.717, 1.165) is 5.56 Å². The van der Waals surface area contributed by atoms with Crippen LogP contribution in [-0.2, 0) is 6.61 Å². The Labute approximate surface area is 110 Å². The van der Waals surface area contributed by atoms with Gasteiger partial charge in [-0.2, -0.15) is 0 Å². The molecule has 2 aromatic rings. The monoisotopic (exact) mass is 258 g/mol. The van der Waals surface area contributed by atoms with E-state index in [9.17, 15) is 10.1 Å². The zero-order chi connectivity index (χ0) is 13.0. The Morgan fingerprint density at radius 2 is 2.00 bits per heavy atom. The molecule has 0 saturated heterocycles. The molecular formula is C13H12N3O3. The van der Waals surface area contributed by atoms with Crippen LogP contribution in [0.5, 0.6) is 5.88 Å². The molecule has 0 unspecified atom stereocenters. The number of nitrogens with zero attached hydrogens (tertiary/aromatic N) is 3. The Hall–Kier alpha value is -2.47. The molecule has 0 bridgehead atoms. The van der Waals surface area contributed by atoms with Crippen molar-refractivity contribution < 1.29 is 9.66 Å². The van der Waals surface area contributed by atoms with Gasteiger partial charge >= 0.3 is 0 Å². The summed E-state index contributed by atoms with van der Waals surface area (Å²) in [6.07, 6.45) is 1.44. The first-order valence-electron chi connectivity index (χ1n) is 5.44. The van der Waals surface area contributed by atoms with E-state index in [1.807, 2.05) is 30.3 Å². The van der Waals surface area contributed by atoms with Crippen molar-refractivity contribution >= 4 is 5.69 Å². The molecule has 0 amide bonds. The van der Waals surface area contributed by atoms with Gasteiger partial charge in [0.2, 0.25) is 5.88 Å². The molecule has 1 aromatic heterocycles. The van der Waals surface area contributed by atoms with E-state index in [0.29, 0.717) is 12.2 Å². The lowest BCUT2D eigenvalue weighted by molar-refractivity contribution is -0.385. The highest BCUT2D eigenvalue weighted by Gasteiger charge is 2.12. The quantitative estimate of drug-likeness (QED) is 0.621. The normalized spacial score (nSPS) is 9.53. The summed E-state index contributed by atoms with van der Waals surface area (Å²) in [4.78, 5) is 14.3. The molecule has 97 valence electrons. The van der Waals surface area contributed by atoms with Gasteiger partial charge in [0, 0.05) is 17.9 Å². The Kier molecular flexibility index (Phi) is 4.96. The van der Waals surface area contributed by atoms with Gasteiger partial charge in [0.25, 0.3) is 5.69 Å². The summed E-state index contributed by atoms with van der Waals surface area (Å²) < 4.78 is 5.42. The lowest BCUT2D eigenvalue weighted by atomic mass is 10.2. The van der Waals surface area contributed by atoms with Crippen LogP contribution in [0, 0.1) is 17.0 Å². The summed E-state index contributed by atoms with van der Waals surface area (Å²) >= 11 is 0. The molecule has 19 heavy (non-hydrogen) atoms. The van der Waals surface area contributed by atoms with Crippen molar-refractivity contribution in [2.24, 2.45) is 0 Å². The van der Waals surface area contributed by atoms with Crippen molar-refractivity contribution in [2.45, 2.75) is 13.5 Å². The van der Waals surface area contributed by atoms with Gasteiger partial charge in [0.15, 0.2) is 0 Å². The molecular weight excluding hydrogens is 246 g/mol. The van der Waals surface area contributed by atoms with Crippen molar-refractivity contribution in [1.29, 1.82) is 0 Å². The molecule has 0 aliphatic carbocycles. The first-order valence-corrected chi connectivity index (χ1v) is 5.44. The molecule has 6 nitrogen and oxygen atoms in total. The minimum absolute atomic E-state index is 0. The van der Waals surface area contributed by atoms with Crippen LogP contribution in [0.25, 0.3) is 0 Å². The third-order valence-corrected chi connectivity index (χ3v) is 2.48. The first kappa shape index (κ1) is 14.6. The highest BCUT2D eigenvalue weighted by Crippen LogP contribution is 2.21. The lowest BCUT2D eigenvalue weighted by Gasteiger charge is -2.05. The van der Waals surface area contributed by atoms with Gasteiger partial charge in [-0.25, -0.2) is 4.98 Å². The van der Waals surface area contributed by atoms with Gasteiger partial charge in [0.1, 0.15) is 6.61 Å². The lowest BCUT2D eigenvalue weighted by Crippen LogP contribution is -1.99. The highest BCUT2D eigenvalue weighted by molar-refractivity contribution is 5.40. The fourth-order valence-electron chi connectivity index (χ4n) is 1.50. The van der Waals surface area contributed by atoms with Crippen molar-refractivity contribution in [2.75, 3.05) is 0 Å². The first-order chi connectivity index (χ1) is 8.66. The van der Waals surface area contributed by atoms with Gasteiger partial charge in [0.05, 0.1) is 11.0 Å². The van der Waals surface area contributed by atoms with Crippen LogP contribution >= 0.6 is 0 Å². The molecule has 0 aliphatic heterocycles. The van der Waals surface area contributed by atoms with E-state index in [1.165, 1.54) is 12.3 Å². The number of ether oxygens (including phenoxy) is 1. The van der Waals surface area contributed by atoms with Gasteiger partial charge in [-0.05, 0) is 12.5 Å². The van der Waals surface area contributed by atoms with E-state index < -0.39 is 4.92 Å². The zero-order valence-electron chi connectivity index (χ0n) is 10.3. The Morgan fingerprint density at radius 1 is 1.32 bits per heavy atom. The second-order valence-corrected chi connectivity index (χ2v) is 3.84. The molecule has 0 saturated carbocycles. The van der Waals surface area contributed by atoms with Gasteiger partial charge in [-0.1, -0.05) is 30.3 Å². The second kappa shape index (κ2) is 6.46. The number of aromatic nitrogens is 1. The summed E-state index contributed by atoms with van der Waals surface area (Å²) in [5.41, 5.74) is 1.53. The summed E-state index contributed by atoms with van der Waals surface area (Å²) in [6, 6.07) is 10.9. The Bertz CT molecular complexity index is 558. The van der Waals surface area contributed by atoms with E-state index in [1.54, 1.807) is 6.92 Å². The van der Waals surface area contributed by atoms with E-state index in [2.05, 4.69) is 4.98 Å². The zero-order valence-corrected chi connectivity index (χ0v) is 10.3. The van der Waals surface area contributed by atoms with Crippen LogP contribution in [0.4, 0.5) is 5.69 Å².